The number of amides is 1. The lowest BCUT2D eigenvalue weighted by molar-refractivity contribution is 0.0946. The van der Waals surface area contributed by atoms with Crippen molar-refractivity contribution in [2.24, 2.45) is 0 Å². The average Bonchev–Trinajstić information content (AvgIpc) is 3.34. The second kappa shape index (κ2) is 7.42. The Kier molecular flexibility index (Phi) is 4.59. The number of methoxy groups -OCH3 is 1. The first-order chi connectivity index (χ1) is 14.6. The molecule has 1 amide bonds. The molecule has 1 aliphatic rings. The molecule has 3 heterocycles. The number of rotatable bonds is 6. The largest absolute Gasteiger partial charge is 0.496 e. The highest BCUT2D eigenvalue weighted by Crippen LogP contribution is 2.39. The summed E-state index contributed by atoms with van der Waals surface area (Å²) in [6.45, 7) is 0.173. The number of nitrogens with one attached hydrogen (secondary N) is 1. The summed E-state index contributed by atoms with van der Waals surface area (Å²) in [6, 6.07) is 8.55. The van der Waals surface area contributed by atoms with E-state index in [1.807, 2.05) is 18.3 Å². The van der Waals surface area contributed by atoms with Gasteiger partial charge in [0.15, 0.2) is 17.3 Å². The summed E-state index contributed by atoms with van der Waals surface area (Å²) >= 11 is 5.96. The van der Waals surface area contributed by atoms with Crippen molar-refractivity contribution in [1.29, 1.82) is 0 Å². The molecule has 0 atom stereocenters. The second-order valence-corrected chi connectivity index (χ2v) is 7.43. The van der Waals surface area contributed by atoms with Gasteiger partial charge in [0.05, 0.1) is 24.8 Å². The topological polar surface area (TPSA) is 107 Å². The molecule has 9 nitrogen and oxygen atoms in total. The van der Waals surface area contributed by atoms with E-state index in [1.165, 1.54) is 7.11 Å². The van der Waals surface area contributed by atoms with Gasteiger partial charge in [0.25, 0.3) is 11.8 Å². The van der Waals surface area contributed by atoms with Gasteiger partial charge >= 0.3 is 0 Å². The SMILES string of the molecule is COc1cc(Cl)ccc1C(=O)NCc1nnc2c(-c3nc(C4CC4)no3)cccn12. The highest BCUT2D eigenvalue weighted by molar-refractivity contribution is 6.30. The molecule has 0 unspecified atom stereocenters. The third-order valence-corrected chi connectivity index (χ3v) is 5.17. The third kappa shape index (κ3) is 3.37. The van der Waals surface area contributed by atoms with Gasteiger partial charge in [0.1, 0.15) is 5.75 Å². The first-order valence-electron chi connectivity index (χ1n) is 9.42. The lowest BCUT2D eigenvalue weighted by Crippen LogP contribution is -2.24. The van der Waals surface area contributed by atoms with Crippen molar-refractivity contribution < 1.29 is 14.1 Å². The van der Waals surface area contributed by atoms with E-state index in [0.717, 1.165) is 18.7 Å². The Morgan fingerprint density at radius 1 is 1.33 bits per heavy atom. The number of nitrogens with zero attached hydrogens (tertiary/aromatic N) is 5. The lowest BCUT2D eigenvalue weighted by atomic mass is 10.2. The van der Waals surface area contributed by atoms with Crippen LogP contribution in [0.25, 0.3) is 17.1 Å². The van der Waals surface area contributed by atoms with Crippen LogP contribution in [0.15, 0.2) is 41.1 Å². The van der Waals surface area contributed by atoms with Crippen LogP contribution in [-0.4, -0.2) is 37.8 Å². The number of aromatic nitrogens is 5. The molecule has 0 aliphatic heterocycles. The monoisotopic (exact) mass is 424 g/mol. The fourth-order valence-electron chi connectivity index (χ4n) is 3.21. The fourth-order valence-corrected chi connectivity index (χ4v) is 3.37. The van der Waals surface area contributed by atoms with E-state index in [0.29, 0.717) is 45.2 Å². The molecule has 1 aromatic carbocycles. The van der Waals surface area contributed by atoms with E-state index in [2.05, 4.69) is 25.7 Å². The van der Waals surface area contributed by atoms with Crippen molar-refractivity contribution in [3.05, 3.63) is 58.8 Å². The smallest absolute Gasteiger partial charge is 0.261 e. The Hall–Kier alpha value is -3.46. The summed E-state index contributed by atoms with van der Waals surface area (Å²) in [5.74, 6) is 2.21. The maximum absolute atomic E-state index is 12.6. The molecule has 4 aromatic rings. The number of hydrogen-bond acceptors (Lipinski definition) is 7. The summed E-state index contributed by atoms with van der Waals surface area (Å²) in [4.78, 5) is 17.1. The van der Waals surface area contributed by atoms with Crippen molar-refractivity contribution in [3.8, 4) is 17.2 Å². The first-order valence-corrected chi connectivity index (χ1v) is 9.80. The van der Waals surface area contributed by atoms with Crippen LogP contribution >= 0.6 is 11.6 Å². The van der Waals surface area contributed by atoms with Crippen LogP contribution in [0, 0.1) is 0 Å². The minimum atomic E-state index is -0.303. The quantitative estimate of drug-likeness (QED) is 0.506. The van der Waals surface area contributed by atoms with Crippen molar-refractivity contribution in [2.75, 3.05) is 7.11 Å². The van der Waals surface area contributed by atoms with Gasteiger partial charge in [0.2, 0.25) is 0 Å². The normalized spacial score (nSPS) is 13.5. The van der Waals surface area contributed by atoms with Gasteiger partial charge in [-0.2, -0.15) is 4.98 Å². The third-order valence-electron chi connectivity index (χ3n) is 4.94. The Bertz CT molecular complexity index is 1250. The zero-order chi connectivity index (χ0) is 20.7. The van der Waals surface area contributed by atoms with E-state index < -0.39 is 0 Å². The Morgan fingerprint density at radius 3 is 3.00 bits per heavy atom. The van der Waals surface area contributed by atoms with E-state index in [4.69, 9.17) is 20.9 Å². The maximum Gasteiger partial charge on any atom is 0.261 e. The molecule has 10 heteroatoms. The molecule has 1 N–H and O–H groups in total. The van der Waals surface area contributed by atoms with Gasteiger partial charge in [-0.15, -0.1) is 10.2 Å². The minimum absolute atomic E-state index is 0.173. The number of carbonyl (C=O) groups is 1. The number of benzene rings is 1. The molecule has 1 saturated carbocycles. The molecule has 152 valence electrons. The van der Waals surface area contributed by atoms with Gasteiger partial charge in [-0.1, -0.05) is 16.8 Å². The minimum Gasteiger partial charge on any atom is -0.496 e. The number of pyridine rings is 1. The molecule has 0 bridgehead atoms. The van der Waals surface area contributed by atoms with Gasteiger partial charge in [-0.25, -0.2) is 0 Å². The number of halogens is 1. The summed E-state index contributed by atoms with van der Waals surface area (Å²) in [5, 5.41) is 15.9. The van der Waals surface area contributed by atoms with Gasteiger partial charge in [0, 0.05) is 17.1 Å². The molecule has 0 spiro atoms. The second-order valence-electron chi connectivity index (χ2n) is 6.99. The Labute approximate surface area is 176 Å². The van der Waals surface area contributed by atoms with Crippen LogP contribution in [0.5, 0.6) is 5.75 Å². The number of hydrogen-bond donors (Lipinski definition) is 1. The first kappa shape index (κ1) is 18.6. The van der Waals surface area contributed by atoms with Crippen molar-refractivity contribution in [1.82, 2.24) is 30.1 Å². The standard InChI is InChI=1S/C20H17ClN6O3/c1-29-15-9-12(21)6-7-13(15)19(28)22-10-16-24-25-18-14(3-2-8-27(16)18)20-23-17(26-30-20)11-4-5-11/h2-3,6-9,11H,4-5,10H2,1H3,(H,22,28). The lowest BCUT2D eigenvalue weighted by Gasteiger charge is -2.09. The van der Waals surface area contributed by atoms with Gasteiger partial charge < -0.3 is 14.6 Å². The van der Waals surface area contributed by atoms with Crippen LogP contribution < -0.4 is 10.1 Å². The summed E-state index contributed by atoms with van der Waals surface area (Å²) in [6.07, 6.45) is 4.01. The van der Waals surface area contributed by atoms with Crippen LogP contribution in [0.2, 0.25) is 5.02 Å². The van der Waals surface area contributed by atoms with Crippen molar-refractivity contribution in [3.63, 3.8) is 0 Å². The molecule has 1 aliphatic carbocycles. The molecular formula is C20H17ClN6O3. The van der Waals surface area contributed by atoms with E-state index >= 15 is 0 Å². The highest BCUT2D eigenvalue weighted by atomic mass is 35.5. The van der Waals surface area contributed by atoms with Gasteiger partial charge in [-0.05, 0) is 43.2 Å². The molecule has 0 radical (unpaired) electrons. The number of ether oxygens (including phenoxy) is 1. The van der Waals surface area contributed by atoms with Crippen LogP contribution in [0.3, 0.4) is 0 Å². The zero-order valence-corrected chi connectivity index (χ0v) is 16.8. The molecule has 3 aromatic heterocycles. The molecule has 0 saturated heterocycles. The Morgan fingerprint density at radius 2 is 2.20 bits per heavy atom. The molecule has 5 rings (SSSR count). The maximum atomic E-state index is 12.6. The zero-order valence-electron chi connectivity index (χ0n) is 16.0. The van der Waals surface area contributed by atoms with Gasteiger partial charge in [-0.3, -0.25) is 9.20 Å². The predicted molar refractivity (Wildman–Crippen MR) is 107 cm³/mol. The molecule has 30 heavy (non-hydrogen) atoms. The van der Waals surface area contributed by atoms with E-state index in [-0.39, 0.29) is 12.5 Å². The average molecular weight is 425 g/mol. The van der Waals surface area contributed by atoms with E-state index in [9.17, 15) is 4.79 Å². The summed E-state index contributed by atoms with van der Waals surface area (Å²) in [7, 11) is 1.49. The fraction of sp³-hybridized carbons (Fsp3) is 0.250. The number of fused-ring (bicyclic) bond motifs is 1. The number of carbonyl (C=O) groups excluding carboxylic acids is 1. The molecule has 1 fully saturated rings. The summed E-state index contributed by atoms with van der Waals surface area (Å²) in [5.41, 5.74) is 1.66. The summed E-state index contributed by atoms with van der Waals surface area (Å²) < 4.78 is 12.5. The predicted octanol–water partition coefficient (Wildman–Crippen LogP) is 3.25. The van der Waals surface area contributed by atoms with Crippen LogP contribution in [0.1, 0.15) is 40.8 Å². The van der Waals surface area contributed by atoms with E-state index in [1.54, 1.807) is 22.6 Å². The van der Waals surface area contributed by atoms with Crippen LogP contribution in [-0.2, 0) is 6.54 Å². The highest BCUT2D eigenvalue weighted by Gasteiger charge is 2.29. The Balaban J connectivity index is 1.38. The van der Waals surface area contributed by atoms with Crippen LogP contribution in [0.4, 0.5) is 0 Å². The van der Waals surface area contributed by atoms with Crippen molar-refractivity contribution >= 4 is 23.2 Å². The van der Waals surface area contributed by atoms with Crippen molar-refractivity contribution in [2.45, 2.75) is 25.3 Å². The molecular weight excluding hydrogens is 408 g/mol.